The number of fused-ring (bicyclic) bond motifs is 1. The largest absolute Gasteiger partial charge is 0.486 e. The maximum absolute atomic E-state index is 11.9. The molecular weight excluding hydrogens is 398 g/mol. The summed E-state index contributed by atoms with van der Waals surface area (Å²) in [5.41, 5.74) is 5.61. The van der Waals surface area contributed by atoms with Crippen molar-refractivity contribution in [3.8, 4) is 23.3 Å². The van der Waals surface area contributed by atoms with Crippen molar-refractivity contribution in [3.63, 3.8) is 0 Å². The fraction of sp³-hybridized carbons (Fsp3) is 0.150. The lowest BCUT2D eigenvalue weighted by Crippen LogP contribution is -2.43. The van der Waals surface area contributed by atoms with Gasteiger partial charge in [0.05, 0.1) is 16.7 Å². The molecule has 1 aliphatic heterocycles. The van der Waals surface area contributed by atoms with Crippen molar-refractivity contribution in [2.24, 2.45) is 0 Å². The van der Waals surface area contributed by atoms with Gasteiger partial charge in [-0.25, -0.2) is 0 Å². The van der Waals surface area contributed by atoms with Gasteiger partial charge in [0.15, 0.2) is 18.1 Å². The van der Waals surface area contributed by atoms with Crippen LogP contribution in [0.25, 0.3) is 6.08 Å². The highest BCUT2D eigenvalue weighted by Gasteiger charge is 2.16. The summed E-state index contributed by atoms with van der Waals surface area (Å²) >= 11 is 6.14. The van der Waals surface area contributed by atoms with Crippen LogP contribution in [-0.4, -0.2) is 31.6 Å². The lowest BCUT2D eigenvalue weighted by atomic mass is 10.1. The first-order chi connectivity index (χ1) is 14.0. The first-order valence-corrected chi connectivity index (χ1v) is 8.92. The standard InChI is InChI=1S/C20H16ClN3O5/c21-16-9-14(10-17-20(16)28-8-7-27-17)3-6-18(25)23-24-19(26)12-29-15-4-1-13(11-22)2-5-15/h1-6,9-10H,7-8,12H2,(H,23,25)(H,24,26)/b6-3+. The number of carbonyl (C=O) groups excluding carboxylic acids is 2. The highest BCUT2D eigenvalue weighted by Crippen LogP contribution is 2.38. The van der Waals surface area contributed by atoms with Crippen LogP contribution in [0.3, 0.4) is 0 Å². The fourth-order valence-electron chi connectivity index (χ4n) is 2.38. The van der Waals surface area contributed by atoms with Crippen molar-refractivity contribution in [2.75, 3.05) is 19.8 Å². The second-order valence-electron chi connectivity index (χ2n) is 5.82. The Morgan fingerprint density at radius 3 is 2.69 bits per heavy atom. The first kappa shape index (κ1) is 20.0. The van der Waals surface area contributed by atoms with E-state index in [0.717, 1.165) is 0 Å². The van der Waals surface area contributed by atoms with Gasteiger partial charge in [-0.3, -0.25) is 20.4 Å². The van der Waals surface area contributed by atoms with Crippen LogP contribution in [0.5, 0.6) is 17.2 Å². The third kappa shape index (κ3) is 5.64. The third-order valence-electron chi connectivity index (χ3n) is 3.72. The number of hydrogen-bond donors (Lipinski definition) is 2. The molecule has 0 saturated heterocycles. The van der Waals surface area contributed by atoms with E-state index >= 15 is 0 Å². The number of amides is 2. The molecule has 0 aliphatic carbocycles. The Labute approximate surface area is 171 Å². The van der Waals surface area contributed by atoms with Gasteiger partial charge in [-0.2, -0.15) is 5.26 Å². The number of nitriles is 1. The zero-order chi connectivity index (χ0) is 20.6. The summed E-state index contributed by atoms with van der Waals surface area (Å²) < 4.78 is 16.2. The molecule has 2 aromatic rings. The molecule has 0 bridgehead atoms. The number of ether oxygens (including phenoxy) is 3. The van der Waals surface area contributed by atoms with Gasteiger partial charge in [0.1, 0.15) is 19.0 Å². The average Bonchev–Trinajstić information content (AvgIpc) is 2.75. The Kier molecular flexibility index (Phi) is 6.55. The molecule has 0 atom stereocenters. The first-order valence-electron chi connectivity index (χ1n) is 8.54. The second kappa shape index (κ2) is 9.48. The molecule has 148 valence electrons. The summed E-state index contributed by atoms with van der Waals surface area (Å²) in [4.78, 5) is 23.6. The minimum absolute atomic E-state index is 0.298. The quantitative estimate of drug-likeness (QED) is 0.574. The van der Waals surface area contributed by atoms with E-state index in [1.807, 2.05) is 6.07 Å². The van der Waals surface area contributed by atoms with Gasteiger partial charge in [-0.15, -0.1) is 0 Å². The highest BCUT2D eigenvalue weighted by atomic mass is 35.5. The zero-order valence-electron chi connectivity index (χ0n) is 15.1. The SMILES string of the molecule is N#Cc1ccc(OCC(=O)NNC(=O)/C=C/c2cc(Cl)c3c(c2)OCCO3)cc1. The monoisotopic (exact) mass is 413 g/mol. The number of nitrogens with zero attached hydrogens (tertiary/aromatic N) is 1. The van der Waals surface area contributed by atoms with Crippen molar-refractivity contribution in [1.29, 1.82) is 5.26 Å². The molecule has 0 saturated carbocycles. The van der Waals surface area contributed by atoms with Crippen LogP contribution < -0.4 is 25.1 Å². The predicted octanol–water partition coefficient (Wildman–Crippen LogP) is 2.22. The Hall–Kier alpha value is -3.70. The number of hydrazine groups is 1. The van der Waals surface area contributed by atoms with E-state index in [0.29, 0.717) is 46.6 Å². The van der Waals surface area contributed by atoms with Gasteiger partial charge in [-0.05, 0) is 48.0 Å². The summed E-state index contributed by atoms with van der Waals surface area (Å²) in [5, 5.41) is 9.12. The summed E-state index contributed by atoms with van der Waals surface area (Å²) in [6.45, 7) is 0.556. The lowest BCUT2D eigenvalue weighted by Gasteiger charge is -2.19. The van der Waals surface area contributed by atoms with Crippen LogP contribution in [0.15, 0.2) is 42.5 Å². The van der Waals surface area contributed by atoms with Gasteiger partial charge in [-0.1, -0.05) is 11.6 Å². The predicted molar refractivity (Wildman–Crippen MR) is 104 cm³/mol. The molecule has 0 radical (unpaired) electrons. The molecule has 3 rings (SSSR count). The molecule has 0 spiro atoms. The molecule has 2 aromatic carbocycles. The Morgan fingerprint density at radius 1 is 1.17 bits per heavy atom. The molecule has 0 fully saturated rings. The minimum atomic E-state index is -0.543. The summed E-state index contributed by atoms with van der Waals surface area (Å²) in [6.07, 6.45) is 2.77. The minimum Gasteiger partial charge on any atom is -0.486 e. The molecule has 0 aromatic heterocycles. The summed E-state index contributed by atoms with van der Waals surface area (Å²) in [7, 11) is 0. The van der Waals surface area contributed by atoms with Gasteiger partial charge in [0.2, 0.25) is 0 Å². The molecule has 2 amide bonds. The van der Waals surface area contributed by atoms with Crippen LogP contribution >= 0.6 is 11.6 Å². The number of carbonyl (C=O) groups is 2. The topological polar surface area (TPSA) is 110 Å². The molecule has 9 heteroatoms. The lowest BCUT2D eigenvalue weighted by molar-refractivity contribution is -0.128. The van der Waals surface area contributed by atoms with Crippen molar-refractivity contribution < 1.29 is 23.8 Å². The van der Waals surface area contributed by atoms with E-state index in [2.05, 4.69) is 10.9 Å². The number of rotatable bonds is 5. The Balaban J connectivity index is 1.46. The maximum Gasteiger partial charge on any atom is 0.276 e. The van der Waals surface area contributed by atoms with Gasteiger partial charge in [0.25, 0.3) is 11.8 Å². The molecule has 0 unspecified atom stereocenters. The van der Waals surface area contributed by atoms with Crippen molar-refractivity contribution in [3.05, 3.63) is 58.6 Å². The van der Waals surface area contributed by atoms with E-state index in [1.165, 1.54) is 12.2 Å². The summed E-state index contributed by atoms with van der Waals surface area (Å²) in [6, 6.07) is 11.6. The molecule has 2 N–H and O–H groups in total. The number of hydrogen-bond acceptors (Lipinski definition) is 6. The van der Waals surface area contributed by atoms with E-state index in [4.69, 9.17) is 31.1 Å². The van der Waals surface area contributed by atoms with Gasteiger partial charge in [0, 0.05) is 6.08 Å². The smallest absolute Gasteiger partial charge is 0.276 e. The summed E-state index contributed by atoms with van der Waals surface area (Å²) in [5.74, 6) is 0.341. The highest BCUT2D eigenvalue weighted by molar-refractivity contribution is 6.32. The number of benzene rings is 2. The van der Waals surface area contributed by atoms with E-state index < -0.39 is 11.8 Å². The van der Waals surface area contributed by atoms with Crippen LogP contribution in [-0.2, 0) is 9.59 Å². The van der Waals surface area contributed by atoms with E-state index in [-0.39, 0.29) is 6.61 Å². The molecule has 1 aliphatic rings. The number of halogens is 1. The molecule has 8 nitrogen and oxygen atoms in total. The normalized spacial score (nSPS) is 12.1. The Bertz CT molecular complexity index is 983. The molecular formula is C20H16ClN3O5. The zero-order valence-corrected chi connectivity index (χ0v) is 15.9. The van der Waals surface area contributed by atoms with Crippen molar-refractivity contribution >= 4 is 29.5 Å². The van der Waals surface area contributed by atoms with Crippen LogP contribution in [0.1, 0.15) is 11.1 Å². The van der Waals surface area contributed by atoms with E-state index in [9.17, 15) is 9.59 Å². The molecule has 29 heavy (non-hydrogen) atoms. The molecule has 1 heterocycles. The second-order valence-corrected chi connectivity index (χ2v) is 6.23. The van der Waals surface area contributed by atoms with Crippen molar-refractivity contribution in [1.82, 2.24) is 10.9 Å². The number of nitrogens with one attached hydrogen (secondary N) is 2. The van der Waals surface area contributed by atoms with Gasteiger partial charge < -0.3 is 14.2 Å². The van der Waals surface area contributed by atoms with Crippen molar-refractivity contribution in [2.45, 2.75) is 0 Å². The fourth-order valence-corrected chi connectivity index (χ4v) is 2.66. The maximum atomic E-state index is 11.9. The Morgan fingerprint density at radius 2 is 1.93 bits per heavy atom. The van der Waals surface area contributed by atoms with Crippen LogP contribution in [0, 0.1) is 11.3 Å². The van der Waals surface area contributed by atoms with Crippen LogP contribution in [0.4, 0.5) is 0 Å². The van der Waals surface area contributed by atoms with E-state index in [1.54, 1.807) is 36.4 Å². The van der Waals surface area contributed by atoms with Gasteiger partial charge >= 0.3 is 0 Å². The average molecular weight is 414 g/mol. The van der Waals surface area contributed by atoms with Crippen LogP contribution in [0.2, 0.25) is 5.02 Å². The third-order valence-corrected chi connectivity index (χ3v) is 4.01.